The number of hydrogen-bond acceptors (Lipinski definition) is 3. The van der Waals surface area contributed by atoms with E-state index in [4.69, 9.17) is 16.7 Å². The smallest absolute Gasteiger partial charge is 0.338 e. The topological polar surface area (TPSA) is 83.5 Å². The Hall–Kier alpha value is -1.44. The fraction of sp³-hybridized carbons (Fsp3) is 0.182. The highest BCUT2D eigenvalue weighted by Gasteiger charge is 2.21. The van der Waals surface area contributed by atoms with Crippen molar-refractivity contribution in [3.8, 4) is 0 Å². The summed E-state index contributed by atoms with van der Waals surface area (Å²) in [4.78, 5) is 10.5. The maximum absolute atomic E-state index is 13.5. The van der Waals surface area contributed by atoms with Crippen LogP contribution >= 0.6 is 11.6 Å². The molecule has 0 amide bonds. The first-order chi connectivity index (χ1) is 8.65. The molecule has 1 rings (SSSR count). The van der Waals surface area contributed by atoms with Gasteiger partial charge in [-0.25, -0.2) is 22.3 Å². The zero-order valence-electron chi connectivity index (χ0n) is 9.91. The van der Waals surface area contributed by atoms with Gasteiger partial charge in [0.05, 0.1) is 10.5 Å². The monoisotopic (exact) mass is 307 g/mol. The van der Waals surface area contributed by atoms with Gasteiger partial charge < -0.3 is 5.11 Å². The van der Waals surface area contributed by atoms with E-state index >= 15 is 0 Å². The third kappa shape index (κ3) is 3.76. The van der Waals surface area contributed by atoms with E-state index < -0.39 is 27.4 Å². The van der Waals surface area contributed by atoms with Crippen LogP contribution in [0.2, 0.25) is 0 Å². The third-order valence-corrected chi connectivity index (χ3v) is 3.74. The number of carboxylic acids is 1. The van der Waals surface area contributed by atoms with Gasteiger partial charge in [0, 0.05) is 11.6 Å². The van der Waals surface area contributed by atoms with E-state index in [0.29, 0.717) is 0 Å². The van der Waals surface area contributed by atoms with Gasteiger partial charge >= 0.3 is 5.97 Å². The van der Waals surface area contributed by atoms with E-state index in [1.54, 1.807) is 0 Å². The van der Waals surface area contributed by atoms with Crippen LogP contribution in [0.5, 0.6) is 0 Å². The molecule has 1 aromatic rings. The number of halogens is 2. The molecule has 1 aromatic carbocycles. The second-order valence-corrected chi connectivity index (χ2v) is 6.05. The summed E-state index contributed by atoms with van der Waals surface area (Å²) < 4.78 is 39.3. The van der Waals surface area contributed by atoms with E-state index in [9.17, 15) is 17.6 Å². The average Bonchev–Trinajstić information content (AvgIpc) is 2.29. The van der Waals surface area contributed by atoms with Crippen molar-refractivity contribution in [2.24, 2.45) is 0 Å². The molecule has 0 saturated heterocycles. The summed E-state index contributed by atoms with van der Waals surface area (Å²) in [6, 6.07) is 1.80. The second kappa shape index (κ2) is 5.68. The summed E-state index contributed by atoms with van der Waals surface area (Å²) >= 11 is 5.43. The number of benzene rings is 1. The van der Waals surface area contributed by atoms with E-state index in [1.807, 2.05) is 0 Å². The van der Waals surface area contributed by atoms with Crippen molar-refractivity contribution < 1.29 is 22.7 Å². The molecule has 5 nitrogen and oxygen atoms in total. The molecule has 0 fully saturated rings. The predicted molar refractivity (Wildman–Crippen MR) is 68.3 cm³/mol. The van der Waals surface area contributed by atoms with Crippen molar-refractivity contribution in [2.75, 3.05) is 6.54 Å². The Morgan fingerprint density at radius 1 is 1.53 bits per heavy atom. The molecule has 0 aliphatic rings. The van der Waals surface area contributed by atoms with Crippen LogP contribution in [0.25, 0.3) is 0 Å². The SMILES string of the molecule is C=C(Cl)CNS(=O)(=O)c1cc(C)c(F)c(C(=O)O)c1. The van der Waals surface area contributed by atoms with Crippen LogP contribution in [0.4, 0.5) is 4.39 Å². The lowest BCUT2D eigenvalue weighted by Crippen LogP contribution is -2.25. The minimum absolute atomic E-state index is 0.0702. The Balaban J connectivity index is 3.28. The van der Waals surface area contributed by atoms with Gasteiger partial charge in [0.2, 0.25) is 10.0 Å². The van der Waals surface area contributed by atoms with Crippen molar-refractivity contribution >= 4 is 27.6 Å². The maximum atomic E-state index is 13.5. The van der Waals surface area contributed by atoms with Gasteiger partial charge in [-0.2, -0.15) is 0 Å². The van der Waals surface area contributed by atoms with Gasteiger partial charge in [0.25, 0.3) is 0 Å². The lowest BCUT2D eigenvalue weighted by atomic mass is 10.1. The van der Waals surface area contributed by atoms with Crippen LogP contribution in [0.1, 0.15) is 15.9 Å². The van der Waals surface area contributed by atoms with Crippen LogP contribution in [0.15, 0.2) is 28.6 Å². The molecular formula is C11H11ClFNO4S. The van der Waals surface area contributed by atoms with E-state index in [1.165, 1.54) is 6.92 Å². The zero-order chi connectivity index (χ0) is 14.8. The summed E-state index contributed by atoms with van der Waals surface area (Å²) in [6.45, 7) is 4.39. The number of aryl methyl sites for hydroxylation is 1. The highest BCUT2D eigenvalue weighted by Crippen LogP contribution is 2.19. The van der Waals surface area contributed by atoms with Gasteiger partial charge in [-0.05, 0) is 24.6 Å². The summed E-state index contributed by atoms with van der Waals surface area (Å²) in [5.74, 6) is -2.51. The molecule has 2 N–H and O–H groups in total. The molecule has 19 heavy (non-hydrogen) atoms. The first-order valence-corrected chi connectivity index (χ1v) is 6.87. The first-order valence-electron chi connectivity index (χ1n) is 5.01. The molecule has 8 heteroatoms. The second-order valence-electron chi connectivity index (χ2n) is 3.75. The van der Waals surface area contributed by atoms with Crippen molar-refractivity contribution in [3.05, 3.63) is 40.7 Å². The molecule has 104 valence electrons. The van der Waals surface area contributed by atoms with Gasteiger partial charge in [-0.1, -0.05) is 18.2 Å². The Labute approximate surface area is 114 Å². The Bertz CT molecular complexity index is 642. The molecule has 0 radical (unpaired) electrons. The van der Waals surface area contributed by atoms with E-state index in [-0.39, 0.29) is 22.0 Å². The number of rotatable bonds is 5. The van der Waals surface area contributed by atoms with Crippen LogP contribution in [0, 0.1) is 12.7 Å². The fourth-order valence-electron chi connectivity index (χ4n) is 1.30. The summed E-state index contributed by atoms with van der Waals surface area (Å²) in [7, 11) is -3.98. The molecule has 0 saturated carbocycles. The molecule has 0 unspecified atom stereocenters. The van der Waals surface area contributed by atoms with Gasteiger partial charge in [0.15, 0.2) is 0 Å². The Kier molecular flexibility index (Phi) is 4.67. The lowest BCUT2D eigenvalue weighted by molar-refractivity contribution is 0.0691. The Morgan fingerprint density at radius 3 is 2.58 bits per heavy atom. The number of hydrogen-bond donors (Lipinski definition) is 2. The van der Waals surface area contributed by atoms with Crippen LogP contribution in [0.3, 0.4) is 0 Å². The fourth-order valence-corrected chi connectivity index (χ4v) is 2.59. The minimum Gasteiger partial charge on any atom is -0.478 e. The predicted octanol–water partition coefficient (Wildman–Crippen LogP) is 1.86. The van der Waals surface area contributed by atoms with Gasteiger partial charge in [-0.15, -0.1) is 0 Å². The van der Waals surface area contributed by atoms with Crippen LogP contribution in [-0.4, -0.2) is 26.0 Å². The number of aromatic carboxylic acids is 1. The number of nitrogens with one attached hydrogen (secondary N) is 1. The molecule has 0 aliphatic heterocycles. The lowest BCUT2D eigenvalue weighted by Gasteiger charge is -2.09. The molecule has 0 atom stereocenters. The standard InChI is InChI=1S/C11H11ClFNO4S/c1-6-3-8(4-9(10(6)13)11(15)16)19(17,18)14-5-7(2)12/h3-4,14H,2,5H2,1H3,(H,15,16). The largest absolute Gasteiger partial charge is 0.478 e. The third-order valence-electron chi connectivity index (χ3n) is 2.22. The normalized spacial score (nSPS) is 11.3. The van der Waals surface area contributed by atoms with Crippen molar-refractivity contribution in [1.29, 1.82) is 0 Å². The molecule has 0 aliphatic carbocycles. The van der Waals surface area contributed by atoms with Crippen LogP contribution < -0.4 is 4.72 Å². The number of carbonyl (C=O) groups is 1. The average molecular weight is 308 g/mol. The number of carboxylic acid groups (broad SMARTS) is 1. The van der Waals surface area contributed by atoms with E-state index in [0.717, 1.165) is 12.1 Å². The van der Waals surface area contributed by atoms with Crippen LogP contribution in [-0.2, 0) is 10.0 Å². The first kappa shape index (κ1) is 15.6. The molecule has 0 bridgehead atoms. The van der Waals surface area contributed by atoms with Gasteiger partial charge in [0.1, 0.15) is 5.82 Å². The highest BCUT2D eigenvalue weighted by atomic mass is 35.5. The van der Waals surface area contributed by atoms with E-state index in [2.05, 4.69) is 11.3 Å². The zero-order valence-corrected chi connectivity index (χ0v) is 11.5. The highest BCUT2D eigenvalue weighted by molar-refractivity contribution is 7.89. The van der Waals surface area contributed by atoms with Crippen molar-refractivity contribution in [1.82, 2.24) is 4.72 Å². The van der Waals surface area contributed by atoms with Gasteiger partial charge in [-0.3, -0.25) is 0 Å². The summed E-state index contributed by atoms with van der Waals surface area (Å²) in [5.41, 5.74) is -0.782. The maximum Gasteiger partial charge on any atom is 0.338 e. The molecule has 0 aromatic heterocycles. The van der Waals surface area contributed by atoms with Crippen molar-refractivity contribution in [2.45, 2.75) is 11.8 Å². The van der Waals surface area contributed by atoms with Crippen molar-refractivity contribution in [3.63, 3.8) is 0 Å². The summed E-state index contributed by atoms with van der Waals surface area (Å²) in [6.07, 6.45) is 0. The molecule has 0 spiro atoms. The quantitative estimate of drug-likeness (QED) is 0.869. The number of sulfonamides is 1. The Morgan fingerprint density at radius 2 is 2.11 bits per heavy atom. The molecular weight excluding hydrogens is 297 g/mol. The minimum atomic E-state index is -3.98. The molecule has 0 heterocycles. The summed E-state index contributed by atoms with van der Waals surface area (Å²) in [5, 5.41) is 8.88.